The van der Waals surface area contributed by atoms with Gasteiger partial charge in [0.25, 0.3) is 0 Å². The van der Waals surface area contributed by atoms with Crippen molar-refractivity contribution in [2.45, 2.75) is 60.8 Å². The molecule has 0 saturated heterocycles. The molecule has 0 amide bonds. The molecular formula is C23H36O4. The fourth-order valence-electron chi connectivity index (χ4n) is 1.48. The second kappa shape index (κ2) is 23.4. The highest BCUT2D eigenvalue weighted by Crippen LogP contribution is 1.98. The zero-order valence-electron chi connectivity index (χ0n) is 17.6. The van der Waals surface area contributed by atoms with Gasteiger partial charge in [-0.1, -0.05) is 102 Å². The van der Waals surface area contributed by atoms with Gasteiger partial charge in [0.1, 0.15) is 0 Å². The van der Waals surface area contributed by atoms with Crippen LogP contribution in [0, 0.1) is 0 Å². The number of carbonyl (C=O) groups is 2. The quantitative estimate of drug-likeness (QED) is 0.676. The fraction of sp³-hybridized carbons (Fsp3) is 0.391. The van der Waals surface area contributed by atoms with Crippen molar-refractivity contribution in [1.29, 1.82) is 0 Å². The van der Waals surface area contributed by atoms with Crippen LogP contribution in [-0.2, 0) is 22.4 Å². The molecule has 4 heteroatoms. The maximum Gasteiger partial charge on any atom is 0.307 e. The molecule has 0 bridgehead atoms. The lowest BCUT2D eigenvalue weighted by atomic mass is 10.2. The first-order chi connectivity index (χ1) is 13.0. The second-order valence-corrected chi connectivity index (χ2v) is 4.64. The lowest BCUT2D eigenvalue weighted by molar-refractivity contribution is -0.137. The average molecular weight is 377 g/mol. The molecule has 0 aromatic heterocycles. The molecule has 27 heavy (non-hydrogen) atoms. The summed E-state index contributed by atoms with van der Waals surface area (Å²) in [5.74, 6) is -1.53. The van der Waals surface area contributed by atoms with E-state index in [0.29, 0.717) is 0 Å². The van der Waals surface area contributed by atoms with Gasteiger partial charge < -0.3 is 10.2 Å². The van der Waals surface area contributed by atoms with Crippen LogP contribution < -0.4 is 0 Å². The minimum Gasteiger partial charge on any atom is -0.481 e. The summed E-state index contributed by atoms with van der Waals surface area (Å²) < 4.78 is 0. The third-order valence-corrected chi connectivity index (χ3v) is 2.75. The second-order valence-electron chi connectivity index (χ2n) is 4.64. The predicted molar refractivity (Wildman–Crippen MR) is 114 cm³/mol. The van der Waals surface area contributed by atoms with Crippen LogP contribution in [0.3, 0.4) is 0 Å². The largest absolute Gasteiger partial charge is 0.481 e. The van der Waals surface area contributed by atoms with E-state index in [1.807, 2.05) is 52.0 Å². The average Bonchev–Trinajstić information content (AvgIpc) is 2.73. The van der Waals surface area contributed by atoms with Crippen LogP contribution in [0.1, 0.15) is 59.1 Å². The van der Waals surface area contributed by atoms with Crippen molar-refractivity contribution in [3.8, 4) is 0 Å². The molecule has 0 aliphatic heterocycles. The molecule has 4 nitrogen and oxygen atoms in total. The molecule has 0 radical (unpaired) electrons. The Morgan fingerprint density at radius 3 is 1.22 bits per heavy atom. The van der Waals surface area contributed by atoms with Crippen molar-refractivity contribution in [2.24, 2.45) is 0 Å². The summed E-state index contributed by atoms with van der Waals surface area (Å²) in [6.45, 7) is 11.8. The molecule has 0 aliphatic carbocycles. The Bertz CT molecular complexity index is 551. The summed E-state index contributed by atoms with van der Waals surface area (Å²) in [7, 11) is 0. The molecule has 0 aliphatic rings. The van der Waals surface area contributed by atoms with Gasteiger partial charge in [0.05, 0.1) is 6.42 Å². The maximum atomic E-state index is 10.2. The summed E-state index contributed by atoms with van der Waals surface area (Å²) in [4.78, 5) is 19.5. The van der Waals surface area contributed by atoms with Gasteiger partial charge in [-0.05, 0) is 17.5 Å². The summed E-state index contributed by atoms with van der Waals surface area (Å²) in [5.41, 5.74) is 2.25. The zero-order chi connectivity index (χ0) is 21.5. The molecule has 0 spiro atoms. The van der Waals surface area contributed by atoms with Crippen molar-refractivity contribution in [3.63, 3.8) is 0 Å². The first-order valence-corrected chi connectivity index (χ1v) is 9.51. The van der Waals surface area contributed by atoms with Crippen LogP contribution in [0.15, 0.2) is 60.7 Å². The third kappa shape index (κ3) is 23.4. The summed E-state index contributed by atoms with van der Waals surface area (Å²) in [6, 6.07) is 19.6. The molecule has 0 unspecified atom stereocenters. The van der Waals surface area contributed by atoms with Gasteiger partial charge in [-0.3, -0.25) is 9.59 Å². The first-order valence-electron chi connectivity index (χ1n) is 9.51. The molecular weight excluding hydrogens is 340 g/mol. The number of carboxylic acids is 2. The number of carboxylic acid groups (broad SMARTS) is 2. The van der Waals surface area contributed by atoms with Gasteiger partial charge >= 0.3 is 11.9 Å². The monoisotopic (exact) mass is 376 g/mol. The maximum absolute atomic E-state index is 10.2. The van der Waals surface area contributed by atoms with Crippen molar-refractivity contribution >= 4 is 11.9 Å². The molecule has 0 atom stereocenters. The summed E-state index contributed by atoms with van der Waals surface area (Å²) in [5, 5.41) is 16.1. The normalized spacial score (nSPS) is 7.93. The summed E-state index contributed by atoms with van der Waals surface area (Å²) >= 11 is 0. The van der Waals surface area contributed by atoms with Crippen molar-refractivity contribution in [3.05, 3.63) is 71.8 Å². The van der Waals surface area contributed by atoms with Gasteiger partial charge in [-0.2, -0.15) is 0 Å². The van der Waals surface area contributed by atoms with E-state index >= 15 is 0 Å². The van der Waals surface area contributed by atoms with Gasteiger partial charge in [0.2, 0.25) is 0 Å². The van der Waals surface area contributed by atoms with Crippen LogP contribution in [0.5, 0.6) is 0 Å². The Hall–Kier alpha value is -2.62. The molecule has 2 rings (SSSR count). The number of rotatable bonds is 4. The van der Waals surface area contributed by atoms with Gasteiger partial charge in [-0.25, -0.2) is 0 Å². The predicted octanol–water partition coefficient (Wildman–Crippen LogP) is 6.10. The fourth-order valence-corrected chi connectivity index (χ4v) is 1.48. The highest BCUT2D eigenvalue weighted by molar-refractivity contribution is 5.70. The SMILES string of the molecule is CC.CC.CCC(=O)O.CCc1ccccc1.O=C(O)Cc1ccccc1. The Balaban J connectivity index is -0.000000305. The van der Waals surface area contributed by atoms with E-state index in [4.69, 9.17) is 10.2 Å². The first kappa shape index (κ1) is 29.2. The van der Waals surface area contributed by atoms with E-state index < -0.39 is 11.9 Å². The third-order valence-electron chi connectivity index (χ3n) is 2.75. The van der Waals surface area contributed by atoms with Crippen molar-refractivity contribution in [1.82, 2.24) is 0 Å². The zero-order valence-corrected chi connectivity index (χ0v) is 17.6. The smallest absolute Gasteiger partial charge is 0.307 e. The van der Waals surface area contributed by atoms with E-state index in [9.17, 15) is 9.59 Å². The molecule has 2 aromatic rings. The van der Waals surface area contributed by atoms with Gasteiger partial charge in [-0.15, -0.1) is 0 Å². The Labute approximate surface area is 164 Å². The van der Waals surface area contributed by atoms with Crippen LogP contribution in [0.25, 0.3) is 0 Å². The van der Waals surface area contributed by atoms with Crippen molar-refractivity contribution in [2.75, 3.05) is 0 Å². The van der Waals surface area contributed by atoms with Crippen LogP contribution in [0.2, 0.25) is 0 Å². The molecule has 0 fully saturated rings. The van der Waals surface area contributed by atoms with Gasteiger partial charge in [0, 0.05) is 6.42 Å². The van der Waals surface area contributed by atoms with E-state index in [1.54, 1.807) is 19.1 Å². The Morgan fingerprint density at radius 2 is 1.00 bits per heavy atom. The molecule has 0 heterocycles. The van der Waals surface area contributed by atoms with E-state index in [-0.39, 0.29) is 12.8 Å². The number of benzene rings is 2. The standard InChI is InChI=1S/C8H8O2.C8H10.C3H6O2.2C2H6/c9-8(10)6-7-4-2-1-3-5-7;1-2-8-6-4-3-5-7-8;1-2-3(4)5;2*1-2/h1-5H,6H2,(H,9,10);3-7H,2H2,1H3;2H2,1H3,(H,4,5);2*1-2H3. The minimum atomic E-state index is -0.786. The molecule has 2 N–H and O–H groups in total. The number of aliphatic carboxylic acids is 2. The molecule has 0 saturated carbocycles. The highest BCUT2D eigenvalue weighted by Gasteiger charge is 1.96. The van der Waals surface area contributed by atoms with Crippen molar-refractivity contribution < 1.29 is 19.8 Å². The van der Waals surface area contributed by atoms with E-state index in [2.05, 4.69) is 31.2 Å². The van der Waals surface area contributed by atoms with Crippen LogP contribution in [0.4, 0.5) is 0 Å². The highest BCUT2D eigenvalue weighted by atomic mass is 16.4. The lowest BCUT2D eigenvalue weighted by Crippen LogP contribution is -1.98. The van der Waals surface area contributed by atoms with Gasteiger partial charge in [0.15, 0.2) is 0 Å². The van der Waals surface area contributed by atoms with Crippen LogP contribution in [-0.4, -0.2) is 22.2 Å². The Kier molecular flexibility index (Phi) is 25.2. The van der Waals surface area contributed by atoms with E-state index in [1.165, 1.54) is 5.56 Å². The number of hydrogen-bond donors (Lipinski definition) is 2. The Morgan fingerprint density at radius 1 is 0.667 bits per heavy atom. The number of hydrogen-bond acceptors (Lipinski definition) is 2. The van der Waals surface area contributed by atoms with E-state index in [0.717, 1.165) is 12.0 Å². The summed E-state index contributed by atoms with van der Waals surface area (Å²) in [6.07, 6.45) is 1.47. The molecule has 152 valence electrons. The lowest BCUT2D eigenvalue weighted by Gasteiger charge is -1.92. The topological polar surface area (TPSA) is 74.6 Å². The molecule has 2 aromatic carbocycles. The minimum absolute atomic E-state index is 0.112. The van der Waals surface area contributed by atoms with Crippen LogP contribution >= 0.6 is 0 Å². The number of aryl methyl sites for hydroxylation is 1.